The highest BCUT2D eigenvalue weighted by atomic mass is 32.1. The third kappa shape index (κ3) is 4.46. The number of fused-ring (bicyclic) bond motifs is 1. The lowest BCUT2D eigenvalue weighted by atomic mass is 10.1. The van der Waals surface area contributed by atoms with Crippen molar-refractivity contribution in [2.24, 2.45) is 0 Å². The van der Waals surface area contributed by atoms with Crippen LogP contribution in [-0.2, 0) is 4.74 Å². The van der Waals surface area contributed by atoms with Gasteiger partial charge in [-0.25, -0.2) is 28.7 Å². The van der Waals surface area contributed by atoms with Crippen LogP contribution < -0.4 is 10.6 Å². The standard InChI is InChI=1S/C25H20F2N8O2S/c26-15-6-7-16(33-25(36)17-10-28-13-38-17)19(27)21(15)34-23-14(4-3-8-29-23)20-22-24(31-11-30-20)35(12-32-22)18-5-1-2-9-37-18/h3-4,6-8,10-13,18H,1-2,5,9H2,(H,29,34)(H,33,36). The molecule has 1 aliphatic rings. The van der Waals surface area contributed by atoms with Crippen molar-refractivity contribution in [3.63, 3.8) is 0 Å². The molecule has 1 fully saturated rings. The zero-order valence-corrected chi connectivity index (χ0v) is 20.6. The van der Waals surface area contributed by atoms with Gasteiger partial charge in [0.05, 0.1) is 23.7 Å². The molecule has 4 aromatic heterocycles. The fraction of sp³-hybridized carbons (Fsp3) is 0.200. The van der Waals surface area contributed by atoms with Crippen LogP contribution in [0.4, 0.5) is 26.0 Å². The second kappa shape index (κ2) is 10.2. The minimum absolute atomic E-state index is 0.152. The average molecular weight is 535 g/mol. The summed E-state index contributed by atoms with van der Waals surface area (Å²) in [6.07, 6.45) is 8.66. The zero-order valence-electron chi connectivity index (χ0n) is 19.8. The number of nitrogens with one attached hydrogen (secondary N) is 2. The van der Waals surface area contributed by atoms with Gasteiger partial charge in [-0.3, -0.25) is 14.3 Å². The number of hydrogen-bond acceptors (Lipinski definition) is 9. The van der Waals surface area contributed by atoms with Crippen molar-refractivity contribution >= 4 is 45.6 Å². The average Bonchev–Trinajstić information content (AvgIpc) is 3.64. The van der Waals surface area contributed by atoms with Crippen LogP contribution >= 0.6 is 11.3 Å². The first-order valence-corrected chi connectivity index (χ1v) is 12.7. The lowest BCUT2D eigenvalue weighted by molar-refractivity contribution is -0.0298. The van der Waals surface area contributed by atoms with Crippen LogP contribution in [0.15, 0.2) is 54.8 Å². The molecule has 192 valence electrons. The minimum atomic E-state index is -0.981. The van der Waals surface area contributed by atoms with Crippen LogP contribution in [-0.4, -0.2) is 42.0 Å². The summed E-state index contributed by atoms with van der Waals surface area (Å²) in [7, 11) is 0. The SMILES string of the molecule is O=C(Nc1ccc(F)c(Nc2ncccc2-c2ncnc3c2ncn3C2CCCCO2)c1F)c1cncs1. The maximum atomic E-state index is 15.4. The van der Waals surface area contributed by atoms with Gasteiger partial charge in [0, 0.05) is 18.4 Å². The molecule has 1 aliphatic heterocycles. The lowest BCUT2D eigenvalue weighted by Crippen LogP contribution is -2.17. The Morgan fingerprint density at radius 3 is 2.87 bits per heavy atom. The van der Waals surface area contributed by atoms with Gasteiger partial charge in [-0.05, 0) is 43.5 Å². The lowest BCUT2D eigenvalue weighted by Gasteiger charge is -2.23. The molecule has 0 bridgehead atoms. The van der Waals surface area contributed by atoms with E-state index in [1.54, 1.807) is 18.5 Å². The molecule has 1 atom stereocenters. The first-order valence-electron chi connectivity index (χ1n) is 11.8. The number of benzene rings is 1. The number of aromatic nitrogens is 6. The number of halogens is 2. The summed E-state index contributed by atoms with van der Waals surface area (Å²) >= 11 is 1.10. The van der Waals surface area contributed by atoms with Gasteiger partial charge in [0.2, 0.25) is 0 Å². The highest BCUT2D eigenvalue weighted by Crippen LogP contribution is 2.35. The fourth-order valence-corrected chi connectivity index (χ4v) is 4.81. The van der Waals surface area contributed by atoms with E-state index in [4.69, 9.17) is 4.74 Å². The Labute approximate surface area is 218 Å². The van der Waals surface area contributed by atoms with Crippen LogP contribution in [0.25, 0.3) is 22.4 Å². The summed E-state index contributed by atoms with van der Waals surface area (Å²) in [5, 5.41) is 5.20. The first-order chi connectivity index (χ1) is 18.6. The summed E-state index contributed by atoms with van der Waals surface area (Å²) < 4.78 is 38.0. The molecule has 10 nitrogen and oxygen atoms in total. The number of pyridine rings is 1. The largest absolute Gasteiger partial charge is 0.358 e. The number of thiazole rings is 1. The van der Waals surface area contributed by atoms with Crippen molar-refractivity contribution in [1.82, 2.24) is 29.5 Å². The van der Waals surface area contributed by atoms with E-state index in [0.29, 0.717) is 33.9 Å². The molecule has 38 heavy (non-hydrogen) atoms. The molecular formula is C25H20F2N8O2S. The van der Waals surface area contributed by atoms with E-state index in [9.17, 15) is 9.18 Å². The van der Waals surface area contributed by atoms with Crippen molar-refractivity contribution in [2.45, 2.75) is 25.5 Å². The van der Waals surface area contributed by atoms with Gasteiger partial charge in [0.25, 0.3) is 5.91 Å². The summed E-state index contributed by atoms with van der Waals surface area (Å²) in [5.74, 6) is -2.24. The molecule has 6 rings (SSSR count). The van der Waals surface area contributed by atoms with Crippen molar-refractivity contribution < 1.29 is 18.3 Å². The molecule has 2 N–H and O–H groups in total. The number of imidazole rings is 1. The molecule has 1 aromatic carbocycles. The first kappa shape index (κ1) is 24.0. The van der Waals surface area contributed by atoms with E-state index in [2.05, 4.69) is 35.6 Å². The predicted octanol–water partition coefficient (Wildman–Crippen LogP) is 5.32. The third-order valence-electron chi connectivity index (χ3n) is 6.13. The maximum absolute atomic E-state index is 15.4. The van der Waals surface area contributed by atoms with Crippen molar-refractivity contribution in [3.8, 4) is 11.3 Å². The summed E-state index contributed by atoms with van der Waals surface area (Å²) in [6, 6.07) is 5.62. The minimum Gasteiger partial charge on any atom is -0.358 e. The third-order valence-corrected chi connectivity index (χ3v) is 6.90. The fourth-order valence-electron chi connectivity index (χ4n) is 4.29. The van der Waals surface area contributed by atoms with Crippen molar-refractivity contribution in [1.29, 1.82) is 0 Å². The summed E-state index contributed by atoms with van der Waals surface area (Å²) in [6.45, 7) is 0.666. The maximum Gasteiger partial charge on any atom is 0.267 e. The van der Waals surface area contributed by atoms with Crippen LogP contribution in [0.2, 0.25) is 0 Å². The molecule has 0 aliphatic carbocycles. The van der Waals surface area contributed by atoms with E-state index in [1.165, 1.54) is 24.2 Å². The van der Waals surface area contributed by atoms with Gasteiger partial charge in [-0.1, -0.05) is 0 Å². The van der Waals surface area contributed by atoms with Crippen LogP contribution in [0, 0.1) is 11.6 Å². The summed E-state index contributed by atoms with van der Waals surface area (Å²) in [4.78, 5) is 34.2. The topological polar surface area (TPSA) is 120 Å². The van der Waals surface area contributed by atoms with E-state index in [0.717, 1.165) is 42.7 Å². The predicted molar refractivity (Wildman–Crippen MR) is 137 cm³/mol. The molecule has 13 heteroatoms. The van der Waals surface area contributed by atoms with E-state index in [-0.39, 0.29) is 17.7 Å². The van der Waals surface area contributed by atoms with Gasteiger partial charge in [-0.2, -0.15) is 0 Å². The quantitative estimate of drug-likeness (QED) is 0.301. The van der Waals surface area contributed by atoms with Crippen LogP contribution in [0.3, 0.4) is 0 Å². The van der Waals surface area contributed by atoms with Gasteiger partial charge in [0.15, 0.2) is 11.5 Å². The second-order valence-electron chi connectivity index (χ2n) is 8.50. The van der Waals surface area contributed by atoms with Gasteiger partial charge >= 0.3 is 0 Å². The molecule has 1 amide bonds. The van der Waals surface area contributed by atoms with Crippen LogP contribution in [0.1, 0.15) is 35.2 Å². The van der Waals surface area contributed by atoms with Crippen molar-refractivity contribution in [2.75, 3.05) is 17.2 Å². The molecule has 0 saturated carbocycles. The normalized spacial score (nSPS) is 15.5. The molecule has 1 saturated heterocycles. The Morgan fingerprint density at radius 1 is 1.13 bits per heavy atom. The Hall–Kier alpha value is -4.36. The van der Waals surface area contributed by atoms with Gasteiger partial charge < -0.3 is 15.4 Å². The Morgan fingerprint density at radius 2 is 2.05 bits per heavy atom. The van der Waals surface area contributed by atoms with E-state index < -0.39 is 23.2 Å². The summed E-state index contributed by atoms with van der Waals surface area (Å²) in [5.41, 5.74) is 2.81. The highest BCUT2D eigenvalue weighted by Gasteiger charge is 2.23. The number of carbonyl (C=O) groups is 1. The number of ether oxygens (including phenoxy) is 1. The van der Waals surface area contributed by atoms with Crippen molar-refractivity contribution in [3.05, 3.63) is 71.3 Å². The molecule has 0 spiro atoms. The second-order valence-corrected chi connectivity index (χ2v) is 9.38. The Bertz CT molecular complexity index is 1620. The smallest absolute Gasteiger partial charge is 0.267 e. The Kier molecular flexibility index (Phi) is 6.43. The number of amides is 1. The number of anilines is 3. The molecule has 1 unspecified atom stereocenters. The Balaban J connectivity index is 1.36. The van der Waals surface area contributed by atoms with Gasteiger partial charge in [-0.15, -0.1) is 11.3 Å². The monoisotopic (exact) mass is 534 g/mol. The van der Waals surface area contributed by atoms with Gasteiger partial charge in [0.1, 0.15) is 46.0 Å². The number of rotatable bonds is 6. The zero-order chi connectivity index (χ0) is 26.1. The van der Waals surface area contributed by atoms with E-state index >= 15 is 4.39 Å². The number of hydrogen-bond donors (Lipinski definition) is 2. The van der Waals surface area contributed by atoms with E-state index in [1.807, 2.05) is 4.57 Å². The highest BCUT2D eigenvalue weighted by molar-refractivity contribution is 7.11. The molecule has 5 heterocycles. The molecular weight excluding hydrogens is 514 g/mol. The molecule has 0 radical (unpaired) electrons. The number of carbonyl (C=O) groups excluding carboxylic acids is 1. The number of nitrogens with zero attached hydrogens (tertiary/aromatic N) is 6. The molecule has 5 aromatic rings. The van der Waals surface area contributed by atoms with Crippen LogP contribution in [0.5, 0.6) is 0 Å².